The molecule has 0 aromatic heterocycles. The van der Waals surface area contributed by atoms with Crippen LogP contribution in [0.3, 0.4) is 0 Å². The molecule has 1 aliphatic carbocycles. The third-order valence-electron chi connectivity index (χ3n) is 4.79. The summed E-state index contributed by atoms with van der Waals surface area (Å²) in [7, 11) is -0.680. The fourth-order valence-corrected chi connectivity index (χ4v) is 5.68. The van der Waals surface area contributed by atoms with Crippen LogP contribution in [0.15, 0.2) is 52.3 Å². The minimum Gasteiger partial charge on any atom is -0.339 e. The van der Waals surface area contributed by atoms with Crippen LogP contribution in [-0.2, 0) is 10.0 Å². The van der Waals surface area contributed by atoms with Gasteiger partial charge in [0.25, 0.3) is 27.1 Å². The molecule has 2 aliphatic rings. The Morgan fingerprint density at radius 1 is 1.13 bits per heavy atom. The maximum absolute atomic E-state index is 12.8. The van der Waals surface area contributed by atoms with Gasteiger partial charge < -0.3 is 10.2 Å². The Labute approximate surface area is 178 Å². The van der Waals surface area contributed by atoms with Gasteiger partial charge in [-0.1, -0.05) is 12.1 Å². The van der Waals surface area contributed by atoms with E-state index >= 15 is 0 Å². The Balaban J connectivity index is 1.61. The van der Waals surface area contributed by atoms with Crippen LogP contribution in [0.4, 0.5) is 10.5 Å². The number of benzene rings is 2. The maximum atomic E-state index is 12.8. The average Bonchev–Trinajstić information content (AvgIpc) is 3.50. The highest BCUT2D eigenvalue weighted by atomic mass is 32.2. The molecule has 8 nitrogen and oxygen atoms in total. The van der Waals surface area contributed by atoms with Crippen LogP contribution >= 0.6 is 11.8 Å². The van der Waals surface area contributed by atoms with Crippen molar-refractivity contribution in [3.63, 3.8) is 0 Å². The van der Waals surface area contributed by atoms with Crippen molar-refractivity contribution in [3.8, 4) is 0 Å². The molecule has 1 N–H and O–H groups in total. The smallest absolute Gasteiger partial charge is 0.286 e. The number of amides is 3. The molecule has 1 heterocycles. The van der Waals surface area contributed by atoms with Crippen molar-refractivity contribution in [2.24, 2.45) is 0 Å². The summed E-state index contributed by atoms with van der Waals surface area (Å²) in [5.74, 6) is -1.07. The van der Waals surface area contributed by atoms with Crippen LogP contribution < -0.4 is 5.32 Å². The molecule has 0 saturated heterocycles. The van der Waals surface area contributed by atoms with Gasteiger partial charge in [-0.3, -0.25) is 14.4 Å². The van der Waals surface area contributed by atoms with Crippen LogP contribution in [0.1, 0.15) is 33.6 Å². The molecule has 2 aromatic carbocycles. The number of rotatable bonds is 4. The van der Waals surface area contributed by atoms with E-state index in [1.54, 1.807) is 38.4 Å². The van der Waals surface area contributed by atoms with E-state index in [-0.39, 0.29) is 27.3 Å². The minimum absolute atomic E-state index is 0.0889. The second-order valence-electron chi connectivity index (χ2n) is 7.26. The van der Waals surface area contributed by atoms with Gasteiger partial charge in [0.05, 0.1) is 11.3 Å². The lowest BCUT2D eigenvalue weighted by molar-refractivity contribution is 0.0864. The van der Waals surface area contributed by atoms with Crippen molar-refractivity contribution in [3.05, 3.63) is 53.6 Å². The van der Waals surface area contributed by atoms with E-state index in [0.29, 0.717) is 23.4 Å². The highest BCUT2D eigenvalue weighted by Crippen LogP contribution is 2.39. The summed E-state index contributed by atoms with van der Waals surface area (Å²) in [6, 6.07) is 10.6. The predicted octanol–water partition coefficient (Wildman–Crippen LogP) is 3.02. The molecular weight excluding hydrogens is 426 g/mol. The molecule has 0 atom stereocenters. The molecule has 1 fully saturated rings. The molecule has 3 amide bonds. The van der Waals surface area contributed by atoms with Gasteiger partial charge in [-0.25, -0.2) is 12.7 Å². The molecule has 1 aliphatic heterocycles. The van der Waals surface area contributed by atoms with Gasteiger partial charge in [-0.15, -0.1) is 0 Å². The molecule has 10 heteroatoms. The van der Waals surface area contributed by atoms with E-state index in [2.05, 4.69) is 5.32 Å². The van der Waals surface area contributed by atoms with E-state index in [0.717, 1.165) is 16.1 Å². The second-order valence-corrected chi connectivity index (χ2v) is 10.0. The number of nitrogens with one attached hydrogen (secondary N) is 1. The van der Waals surface area contributed by atoms with Crippen molar-refractivity contribution < 1.29 is 22.8 Å². The predicted molar refractivity (Wildman–Crippen MR) is 112 cm³/mol. The summed E-state index contributed by atoms with van der Waals surface area (Å²) in [4.78, 5) is 39.1. The molecule has 1 saturated carbocycles. The minimum atomic E-state index is -3.95. The lowest BCUT2D eigenvalue weighted by Crippen LogP contribution is -2.31. The van der Waals surface area contributed by atoms with E-state index < -0.39 is 21.8 Å². The lowest BCUT2D eigenvalue weighted by Gasteiger charge is -2.13. The summed E-state index contributed by atoms with van der Waals surface area (Å²) in [5, 5.41) is 2.53. The van der Waals surface area contributed by atoms with Gasteiger partial charge in [0, 0.05) is 30.6 Å². The second kappa shape index (κ2) is 7.44. The number of carbonyl (C=O) groups is 3. The standard InChI is InChI=1S/C20H19N3O5S2/c1-22(2)20(26)29-16-6-4-3-5-15(16)21-18(24)12-7-10-14-17(11-12)30(27,28)23(19(14)25)13-8-9-13/h3-7,10-11,13H,8-9H2,1-2H3,(H,21,24). The fraction of sp³-hybridized carbons (Fsp3) is 0.250. The Bertz CT molecular complexity index is 1170. The summed E-state index contributed by atoms with van der Waals surface area (Å²) >= 11 is 0.971. The quantitative estimate of drug-likeness (QED) is 0.726. The van der Waals surface area contributed by atoms with Crippen molar-refractivity contribution in [2.45, 2.75) is 28.7 Å². The SMILES string of the molecule is CN(C)C(=O)Sc1ccccc1NC(=O)c1ccc2c(c1)S(=O)(=O)N(C1CC1)C2=O. The summed E-state index contributed by atoms with van der Waals surface area (Å²) in [5.41, 5.74) is 0.634. The lowest BCUT2D eigenvalue weighted by atomic mass is 10.1. The number of hydrogen-bond acceptors (Lipinski definition) is 6. The first-order valence-electron chi connectivity index (χ1n) is 9.22. The number of nitrogens with zero attached hydrogens (tertiary/aromatic N) is 2. The number of carbonyl (C=O) groups excluding carboxylic acids is 3. The Kier molecular flexibility index (Phi) is 5.07. The fourth-order valence-electron chi connectivity index (χ4n) is 3.10. The molecule has 2 aromatic rings. The van der Waals surface area contributed by atoms with Crippen molar-refractivity contribution in [2.75, 3.05) is 19.4 Å². The Morgan fingerprint density at radius 3 is 2.50 bits per heavy atom. The number of anilines is 1. The number of thioether (sulfide) groups is 1. The first-order chi connectivity index (χ1) is 14.2. The van der Waals surface area contributed by atoms with E-state index in [4.69, 9.17) is 0 Å². The highest BCUT2D eigenvalue weighted by molar-refractivity contribution is 8.13. The monoisotopic (exact) mass is 445 g/mol. The first kappa shape index (κ1) is 20.4. The molecular formula is C20H19N3O5S2. The molecule has 30 heavy (non-hydrogen) atoms. The molecule has 0 spiro atoms. The van der Waals surface area contributed by atoms with Crippen molar-refractivity contribution in [1.29, 1.82) is 0 Å². The van der Waals surface area contributed by atoms with E-state index in [1.165, 1.54) is 23.1 Å². The van der Waals surface area contributed by atoms with Crippen LogP contribution in [-0.4, -0.2) is 54.8 Å². The van der Waals surface area contributed by atoms with Crippen LogP contribution in [0.25, 0.3) is 0 Å². The first-order valence-corrected chi connectivity index (χ1v) is 11.5. The van der Waals surface area contributed by atoms with Crippen molar-refractivity contribution in [1.82, 2.24) is 9.21 Å². The number of hydrogen-bond donors (Lipinski definition) is 1. The third kappa shape index (κ3) is 3.56. The molecule has 0 bridgehead atoms. The van der Waals surface area contributed by atoms with Gasteiger partial charge in [0.2, 0.25) is 0 Å². The van der Waals surface area contributed by atoms with E-state index in [1.807, 2.05) is 0 Å². The Hall–Kier alpha value is -2.85. The normalized spacial score (nSPS) is 16.9. The zero-order valence-corrected chi connectivity index (χ0v) is 17.9. The number of fused-ring (bicyclic) bond motifs is 1. The molecule has 0 radical (unpaired) electrons. The summed E-state index contributed by atoms with van der Waals surface area (Å²) in [6.45, 7) is 0. The van der Waals surface area contributed by atoms with Gasteiger partial charge in [-0.2, -0.15) is 0 Å². The van der Waals surface area contributed by atoms with Gasteiger partial charge in [0.1, 0.15) is 4.90 Å². The zero-order valence-electron chi connectivity index (χ0n) is 16.3. The van der Waals surface area contributed by atoms with Crippen LogP contribution in [0.5, 0.6) is 0 Å². The van der Waals surface area contributed by atoms with Gasteiger partial charge in [-0.05, 0) is 54.9 Å². The van der Waals surface area contributed by atoms with Gasteiger partial charge >= 0.3 is 0 Å². The van der Waals surface area contributed by atoms with Crippen molar-refractivity contribution >= 4 is 44.5 Å². The summed E-state index contributed by atoms with van der Waals surface area (Å²) in [6.07, 6.45) is 1.32. The molecule has 156 valence electrons. The molecule has 0 unspecified atom stereocenters. The highest BCUT2D eigenvalue weighted by Gasteiger charge is 2.48. The topological polar surface area (TPSA) is 104 Å². The maximum Gasteiger partial charge on any atom is 0.286 e. The largest absolute Gasteiger partial charge is 0.339 e. The zero-order chi connectivity index (χ0) is 21.6. The van der Waals surface area contributed by atoms with Gasteiger partial charge in [0.15, 0.2) is 0 Å². The third-order valence-corrected chi connectivity index (χ3v) is 7.78. The Morgan fingerprint density at radius 2 is 1.83 bits per heavy atom. The van der Waals surface area contributed by atoms with E-state index in [9.17, 15) is 22.8 Å². The average molecular weight is 446 g/mol. The van der Waals surface area contributed by atoms with Crippen LogP contribution in [0, 0.1) is 0 Å². The number of sulfonamides is 1. The molecule has 4 rings (SSSR count). The van der Waals surface area contributed by atoms with Crippen LogP contribution in [0.2, 0.25) is 0 Å². The summed E-state index contributed by atoms with van der Waals surface area (Å²) < 4.78 is 26.5. The number of para-hydroxylation sites is 1.